The molecule has 3 rings (SSSR count). The van der Waals surface area contributed by atoms with Crippen molar-refractivity contribution in [3.05, 3.63) is 42.6 Å². The summed E-state index contributed by atoms with van der Waals surface area (Å²) in [6.07, 6.45) is 1.85. The van der Waals surface area contributed by atoms with Gasteiger partial charge in [0, 0.05) is 37.1 Å². The zero-order valence-corrected chi connectivity index (χ0v) is 10.9. The Morgan fingerprint density at radius 2 is 1.79 bits per heavy atom. The van der Waals surface area contributed by atoms with Crippen LogP contribution in [-0.4, -0.2) is 28.7 Å². The summed E-state index contributed by atoms with van der Waals surface area (Å²) in [5, 5.41) is 4.14. The van der Waals surface area contributed by atoms with E-state index in [1.807, 2.05) is 44.6 Å². The standard InChI is InChI=1S/C14H15N5/c1-18(2)12-8-4-3-6-10(12)11-7-5-9-19-13(11)16-14(15)17-19/h3-9H,1-2H3,(H2,15,17). The second-order valence-electron chi connectivity index (χ2n) is 4.57. The van der Waals surface area contributed by atoms with E-state index < -0.39 is 0 Å². The van der Waals surface area contributed by atoms with Gasteiger partial charge in [-0.3, -0.25) is 0 Å². The molecular weight excluding hydrogens is 238 g/mol. The third kappa shape index (κ3) is 1.89. The van der Waals surface area contributed by atoms with Crippen LogP contribution in [0.4, 0.5) is 11.6 Å². The minimum absolute atomic E-state index is 0.287. The van der Waals surface area contributed by atoms with Crippen molar-refractivity contribution in [3.8, 4) is 11.1 Å². The highest BCUT2D eigenvalue weighted by Crippen LogP contribution is 2.31. The van der Waals surface area contributed by atoms with Gasteiger partial charge in [-0.15, -0.1) is 5.10 Å². The van der Waals surface area contributed by atoms with Crippen LogP contribution in [0.5, 0.6) is 0 Å². The molecule has 1 aromatic carbocycles. The van der Waals surface area contributed by atoms with Gasteiger partial charge in [0.1, 0.15) is 0 Å². The van der Waals surface area contributed by atoms with E-state index in [1.54, 1.807) is 4.52 Å². The molecule has 0 spiro atoms. The molecule has 19 heavy (non-hydrogen) atoms. The fraction of sp³-hybridized carbons (Fsp3) is 0.143. The van der Waals surface area contributed by atoms with Gasteiger partial charge in [-0.05, 0) is 18.2 Å². The molecule has 0 aliphatic rings. The van der Waals surface area contributed by atoms with Gasteiger partial charge in [0.25, 0.3) is 0 Å². The van der Waals surface area contributed by atoms with Crippen LogP contribution in [0.2, 0.25) is 0 Å². The first-order chi connectivity index (χ1) is 9.16. The number of pyridine rings is 1. The number of anilines is 2. The molecule has 0 unspecified atom stereocenters. The van der Waals surface area contributed by atoms with Gasteiger partial charge in [0.05, 0.1) is 0 Å². The van der Waals surface area contributed by atoms with Gasteiger partial charge >= 0.3 is 0 Å². The molecule has 0 radical (unpaired) electrons. The number of aromatic nitrogens is 3. The summed E-state index contributed by atoms with van der Waals surface area (Å²) in [6.45, 7) is 0. The molecule has 96 valence electrons. The maximum absolute atomic E-state index is 5.68. The Morgan fingerprint density at radius 1 is 1.05 bits per heavy atom. The largest absolute Gasteiger partial charge is 0.377 e. The third-order valence-corrected chi connectivity index (χ3v) is 3.05. The van der Waals surface area contributed by atoms with Crippen molar-refractivity contribution >= 4 is 17.3 Å². The van der Waals surface area contributed by atoms with E-state index >= 15 is 0 Å². The molecule has 0 saturated heterocycles. The summed E-state index contributed by atoms with van der Waals surface area (Å²) >= 11 is 0. The molecule has 0 aliphatic heterocycles. The number of hydrogen-bond acceptors (Lipinski definition) is 4. The zero-order chi connectivity index (χ0) is 13.4. The monoisotopic (exact) mass is 253 g/mol. The quantitative estimate of drug-likeness (QED) is 0.759. The average molecular weight is 253 g/mol. The first-order valence-corrected chi connectivity index (χ1v) is 6.04. The predicted octanol–water partition coefficient (Wildman–Crippen LogP) is 2.04. The lowest BCUT2D eigenvalue weighted by Gasteiger charge is -2.17. The first kappa shape index (κ1) is 11.5. The normalized spacial score (nSPS) is 10.8. The van der Waals surface area contributed by atoms with Crippen LogP contribution in [0, 0.1) is 0 Å². The average Bonchev–Trinajstić information content (AvgIpc) is 2.78. The van der Waals surface area contributed by atoms with Crippen molar-refractivity contribution in [1.82, 2.24) is 14.6 Å². The van der Waals surface area contributed by atoms with Gasteiger partial charge in [-0.25, -0.2) is 4.52 Å². The topological polar surface area (TPSA) is 59.5 Å². The van der Waals surface area contributed by atoms with E-state index in [-0.39, 0.29) is 5.95 Å². The molecule has 2 N–H and O–H groups in total. The number of fused-ring (bicyclic) bond motifs is 1. The maximum Gasteiger partial charge on any atom is 0.240 e. The number of benzene rings is 1. The van der Waals surface area contributed by atoms with Gasteiger partial charge in [0.15, 0.2) is 5.65 Å². The summed E-state index contributed by atoms with van der Waals surface area (Å²) in [7, 11) is 4.05. The van der Waals surface area contributed by atoms with E-state index in [2.05, 4.69) is 27.1 Å². The van der Waals surface area contributed by atoms with Gasteiger partial charge in [-0.2, -0.15) is 4.98 Å². The van der Waals surface area contributed by atoms with Crippen LogP contribution in [0.3, 0.4) is 0 Å². The Morgan fingerprint density at radius 3 is 2.58 bits per heavy atom. The lowest BCUT2D eigenvalue weighted by atomic mass is 10.0. The van der Waals surface area contributed by atoms with Gasteiger partial charge in [-0.1, -0.05) is 18.2 Å². The molecule has 5 nitrogen and oxygen atoms in total. The van der Waals surface area contributed by atoms with Crippen molar-refractivity contribution in [2.24, 2.45) is 0 Å². The van der Waals surface area contributed by atoms with Crippen LogP contribution >= 0.6 is 0 Å². The summed E-state index contributed by atoms with van der Waals surface area (Å²) < 4.78 is 1.71. The number of para-hydroxylation sites is 1. The lowest BCUT2D eigenvalue weighted by Crippen LogP contribution is -2.10. The minimum Gasteiger partial charge on any atom is -0.377 e. The Hall–Kier alpha value is -2.56. The predicted molar refractivity (Wildman–Crippen MR) is 77.2 cm³/mol. The van der Waals surface area contributed by atoms with E-state index in [1.165, 1.54) is 0 Å². The molecule has 2 aromatic heterocycles. The van der Waals surface area contributed by atoms with Gasteiger partial charge in [0.2, 0.25) is 5.95 Å². The van der Waals surface area contributed by atoms with E-state index in [9.17, 15) is 0 Å². The van der Waals surface area contributed by atoms with Crippen LogP contribution < -0.4 is 10.6 Å². The van der Waals surface area contributed by atoms with Crippen LogP contribution in [0.15, 0.2) is 42.6 Å². The van der Waals surface area contributed by atoms with E-state index in [0.717, 1.165) is 22.5 Å². The SMILES string of the molecule is CN(C)c1ccccc1-c1cccn2nc(N)nc12. The molecular formula is C14H15N5. The molecule has 0 aliphatic carbocycles. The summed E-state index contributed by atoms with van der Waals surface area (Å²) in [6, 6.07) is 12.2. The molecule has 0 atom stereocenters. The van der Waals surface area contributed by atoms with E-state index in [4.69, 9.17) is 5.73 Å². The second-order valence-corrected chi connectivity index (χ2v) is 4.57. The summed E-state index contributed by atoms with van der Waals surface area (Å²) in [5.74, 6) is 0.287. The Labute approximate surface area is 111 Å². The Kier molecular flexibility index (Phi) is 2.59. The fourth-order valence-electron chi connectivity index (χ4n) is 2.22. The van der Waals surface area contributed by atoms with Crippen molar-refractivity contribution in [3.63, 3.8) is 0 Å². The molecule has 0 fully saturated rings. The van der Waals surface area contributed by atoms with Crippen molar-refractivity contribution in [2.75, 3.05) is 24.7 Å². The van der Waals surface area contributed by atoms with Crippen molar-refractivity contribution in [1.29, 1.82) is 0 Å². The van der Waals surface area contributed by atoms with Gasteiger partial charge < -0.3 is 10.6 Å². The molecule has 2 heterocycles. The molecule has 0 bridgehead atoms. The molecule has 0 amide bonds. The highest BCUT2D eigenvalue weighted by Gasteiger charge is 2.12. The number of nitrogen functional groups attached to an aromatic ring is 1. The highest BCUT2D eigenvalue weighted by atomic mass is 15.3. The lowest BCUT2D eigenvalue weighted by molar-refractivity contribution is 0.969. The van der Waals surface area contributed by atoms with E-state index in [0.29, 0.717) is 0 Å². The van der Waals surface area contributed by atoms with Crippen LogP contribution in [0.25, 0.3) is 16.8 Å². The number of nitrogens with zero attached hydrogens (tertiary/aromatic N) is 4. The number of hydrogen-bond donors (Lipinski definition) is 1. The second kappa shape index (κ2) is 4.28. The van der Waals surface area contributed by atoms with Crippen molar-refractivity contribution < 1.29 is 0 Å². The minimum atomic E-state index is 0.287. The Bertz CT molecular complexity index is 730. The maximum atomic E-state index is 5.68. The summed E-state index contributed by atoms with van der Waals surface area (Å²) in [4.78, 5) is 6.38. The highest BCUT2D eigenvalue weighted by molar-refractivity contribution is 5.86. The van der Waals surface area contributed by atoms with Crippen molar-refractivity contribution in [2.45, 2.75) is 0 Å². The first-order valence-electron chi connectivity index (χ1n) is 6.04. The Balaban J connectivity index is 2.30. The fourth-order valence-corrected chi connectivity index (χ4v) is 2.22. The zero-order valence-electron chi connectivity index (χ0n) is 10.9. The summed E-state index contributed by atoms with van der Waals surface area (Å²) in [5.41, 5.74) is 9.73. The van der Waals surface area contributed by atoms with Crippen LogP contribution in [-0.2, 0) is 0 Å². The third-order valence-electron chi connectivity index (χ3n) is 3.05. The van der Waals surface area contributed by atoms with Crippen LogP contribution in [0.1, 0.15) is 0 Å². The molecule has 5 heteroatoms. The number of nitrogens with two attached hydrogens (primary N) is 1. The smallest absolute Gasteiger partial charge is 0.240 e. The number of rotatable bonds is 2. The molecule has 3 aromatic rings. The molecule has 0 saturated carbocycles.